The van der Waals surface area contributed by atoms with Crippen molar-refractivity contribution in [2.45, 2.75) is 26.2 Å². The molecule has 5 rings (SSSR count). The number of imidazole rings is 1. The van der Waals surface area contributed by atoms with Crippen molar-refractivity contribution in [3.63, 3.8) is 0 Å². The Labute approximate surface area is 238 Å². The topological polar surface area (TPSA) is 121 Å². The number of hydrogen-bond acceptors (Lipinski definition) is 6. The first-order valence-electron chi connectivity index (χ1n) is 13.3. The van der Waals surface area contributed by atoms with E-state index in [-0.39, 0.29) is 30.4 Å². The monoisotopic (exact) mass is 548 g/mol. The van der Waals surface area contributed by atoms with E-state index in [1.165, 1.54) is 5.56 Å². The SMILES string of the molecule is CC(C)(C)c1ccc(C(=O)Nc2cccc(-c3cn4ccnc4c(Nc4ccc(C(=O)NCCO)cc4)n3)c2)cc1. The van der Waals surface area contributed by atoms with Crippen LogP contribution in [0.2, 0.25) is 0 Å². The van der Waals surface area contributed by atoms with E-state index in [2.05, 4.69) is 41.7 Å². The van der Waals surface area contributed by atoms with E-state index < -0.39 is 0 Å². The molecule has 0 aliphatic heterocycles. The predicted octanol–water partition coefficient (Wildman–Crippen LogP) is 5.41. The number of anilines is 3. The van der Waals surface area contributed by atoms with Gasteiger partial charge in [0.2, 0.25) is 0 Å². The minimum Gasteiger partial charge on any atom is -0.395 e. The van der Waals surface area contributed by atoms with Gasteiger partial charge in [-0.3, -0.25) is 9.59 Å². The Morgan fingerprint density at radius 1 is 0.902 bits per heavy atom. The molecule has 0 aliphatic carbocycles. The van der Waals surface area contributed by atoms with Gasteiger partial charge in [-0.1, -0.05) is 45.0 Å². The zero-order valence-electron chi connectivity index (χ0n) is 23.2. The molecule has 0 atom stereocenters. The number of carbonyl (C=O) groups is 2. The van der Waals surface area contributed by atoms with Crippen molar-refractivity contribution in [3.8, 4) is 11.3 Å². The van der Waals surface area contributed by atoms with Gasteiger partial charge in [0, 0.05) is 53.2 Å². The van der Waals surface area contributed by atoms with Crippen LogP contribution in [0.1, 0.15) is 47.1 Å². The minimum atomic E-state index is -0.254. The first-order chi connectivity index (χ1) is 19.7. The lowest BCUT2D eigenvalue weighted by Gasteiger charge is -2.19. The van der Waals surface area contributed by atoms with Crippen LogP contribution in [0.15, 0.2) is 91.4 Å². The number of aliphatic hydroxyl groups is 1. The maximum absolute atomic E-state index is 13.0. The Morgan fingerprint density at radius 3 is 2.32 bits per heavy atom. The third-order valence-electron chi connectivity index (χ3n) is 6.61. The Morgan fingerprint density at radius 2 is 1.61 bits per heavy atom. The van der Waals surface area contributed by atoms with Crippen molar-refractivity contribution in [2.75, 3.05) is 23.8 Å². The van der Waals surface area contributed by atoms with E-state index in [4.69, 9.17) is 10.1 Å². The summed E-state index contributed by atoms with van der Waals surface area (Å²) in [4.78, 5) is 34.4. The van der Waals surface area contributed by atoms with Gasteiger partial charge in [-0.25, -0.2) is 9.97 Å². The Kier molecular flexibility index (Phi) is 7.80. The van der Waals surface area contributed by atoms with Crippen LogP contribution >= 0.6 is 0 Å². The van der Waals surface area contributed by atoms with Gasteiger partial charge >= 0.3 is 0 Å². The second kappa shape index (κ2) is 11.6. The van der Waals surface area contributed by atoms with E-state index >= 15 is 0 Å². The third-order valence-corrected chi connectivity index (χ3v) is 6.61. The van der Waals surface area contributed by atoms with Crippen molar-refractivity contribution >= 4 is 34.7 Å². The standard InChI is InChI=1S/C32H32N6O3/c1-32(2,3)24-11-7-22(8-12-24)31(41)36-26-6-4-5-23(19-26)27-20-38-17-15-33-29(38)28(37-27)35-25-13-9-21(10-14-25)30(40)34-16-18-39/h4-15,17,19-20,39H,16,18H2,1-3H3,(H,34,40)(H,35,37)(H,36,41). The molecule has 3 aromatic carbocycles. The van der Waals surface area contributed by atoms with Crippen LogP contribution in [-0.2, 0) is 5.41 Å². The van der Waals surface area contributed by atoms with Crippen LogP contribution in [0, 0.1) is 0 Å². The molecular weight excluding hydrogens is 516 g/mol. The molecular formula is C32H32N6O3. The fraction of sp³-hybridized carbons (Fsp3) is 0.188. The third kappa shape index (κ3) is 6.42. The van der Waals surface area contributed by atoms with Gasteiger partial charge < -0.3 is 25.5 Å². The molecule has 5 aromatic rings. The molecule has 0 saturated carbocycles. The van der Waals surface area contributed by atoms with Gasteiger partial charge in [0.1, 0.15) is 0 Å². The highest BCUT2D eigenvalue weighted by Gasteiger charge is 2.15. The molecule has 4 N–H and O–H groups in total. The van der Waals surface area contributed by atoms with E-state index in [1.807, 2.05) is 65.3 Å². The van der Waals surface area contributed by atoms with Crippen LogP contribution in [-0.4, -0.2) is 44.4 Å². The fourth-order valence-corrected chi connectivity index (χ4v) is 4.35. The summed E-state index contributed by atoms with van der Waals surface area (Å²) in [6.07, 6.45) is 5.42. The van der Waals surface area contributed by atoms with E-state index in [9.17, 15) is 9.59 Å². The molecule has 208 valence electrons. The number of benzene rings is 3. The second-order valence-corrected chi connectivity index (χ2v) is 10.7. The molecule has 0 spiro atoms. The van der Waals surface area contributed by atoms with Crippen molar-refractivity contribution < 1.29 is 14.7 Å². The summed E-state index contributed by atoms with van der Waals surface area (Å²) in [7, 11) is 0. The number of nitrogens with zero attached hydrogens (tertiary/aromatic N) is 3. The van der Waals surface area contributed by atoms with Gasteiger partial charge in [-0.15, -0.1) is 0 Å². The molecule has 9 heteroatoms. The molecule has 0 radical (unpaired) electrons. The minimum absolute atomic E-state index is 0.0149. The highest BCUT2D eigenvalue weighted by Crippen LogP contribution is 2.27. The zero-order valence-corrected chi connectivity index (χ0v) is 23.2. The van der Waals surface area contributed by atoms with E-state index in [0.29, 0.717) is 34.0 Å². The Balaban J connectivity index is 1.36. The van der Waals surface area contributed by atoms with Crippen LogP contribution in [0.25, 0.3) is 16.9 Å². The quantitative estimate of drug-likeness (QED) is 0.206. The number of hydrogen-bond donors (Lipinski definition) is 4. The summed E-state index contributed by atoms with van der Waals surface area (Å²) in [6, 6.07) is 22.2. The maximum Gasteiger partial charge on any atom is 0.255 e. The highest BCUT2D eigenvalue weighted by atomic mass is 16.3. The van der Waals surface area contributed by atoms with Gasteiger partial charge in [0.05, 0.1) is 12.3 Å². The van der Waals surface area contributed by atoms with Crippen LogP contribution < -0.4 is 16.0 Å². The first kappa shape index (κ1) is 27.5. The lowest BCUT2D eigenvalue weighted by atomic mass is 9.87. The van der Waals surface area contributed by atoms with Crippen molar-refractivity contribution in [1.29, 1.82) is 0 Å². The molecule has 0 saturated heterocycles. The summed E-state index contributed by atoms with van der Waals surface area (Å²) in [5, 5.41) is 17.8. The molecule has 0 bridgehead atoms. The zero-order chi connectivity index (χ0) is 29.0. The number of amides is 2. The number of nitrogens with one attached hydrogen (secondary N) is 3. The van der Waals surface area contributed by atoms with Crippen molar-refractivity contribution in [2.24, 2.45) is 0 Å². The smallest absolute Gasteiger partial charge is 0.255 e. The van der Waals surface area contributed by atoms with Crippen LogP contribution in [0.4, 0.5) is 17.2 Å². The maximum atomic E-state index is 13.0. The van der Waals surface area contributed by atoms with Gasteiger partial charge in [-0.2, -0.15) is 0 Å². The molecule has 9 nitrogen and oxygen atoms in total. The highest BCUT2D eigenvalue weighted by molar-refractivity contribution is 6.04. The molecule has 0 aliphatic rings. The molecule has 2 aromatic heterocycles. The average molecular weight is 549 g/mol. The molecule has 2 amide bonds. The Bertz CT molecular complexity index is 1690. The first-order valence-corrected chi connectivity index (χ1v) is 13.3. The number of aliphatic hydroxyl groups excluding tert-OH is 1. The van der Waals surface area contributed by atoms with E-state index in [0.717, 1.165) is 11.3 Å². The number of aromatic nitrogens is 3. The summed E-state index contributed by atoms with van der Waals surface area (Å²) < 4.78 is 1.88. The fourth-order valence-electron chi connectivity index (χ4n) is 4.35. The molecule has 2 heterocycles. The Hall–Kier alpha value is -5.02. The van der Waals surface area contributed by atoms with Crippen molar-refractivity contribution in [1.82, 2.24) is 19.7 Å². The number of rotatable bonds is 8. The largest absolute Gasteiger partial charge is 0.395 e. The number of carbonyl (C=O) groups excluding carboxylic acids is 2. The van der Waals surface area contributed by atoms with Crippen LogP contribution in [0.3, 0.4) is 0 Å². The molecule has 0 fully saturated rings. The lowest BCUT2D eigenvalue weighted by molar-refractivity contribution is 0.0944. The normalized spacial score (nSPS) is 11.3. The van der Waals surface area contributed by atoms with E-state index in [1.54, 1.807) is 30.5 Å². The molecule has 0 unspecified atom stereocenters. The number of fused-ring (bicyclic) bond motifs is 1. The molecule has 41 heavy (non-hydrogen) atoms. The summed E-state index contributed by atoms with van der Waals surface area (Å²) in [6.45, 7) is 6.50. The summed E-state index contributed by atoms with van der Waals surface area (Å²) in [5.41, 5.74) is 5.79. The van der Waals surface area contributed by atoms with Gasteiger partial charge in [0.25, 0.3) is 11.8 Å². The summed E-state index contributed by atoms with van der Waals surface area (Å²) in [5.74, 6) is 0.102. The predicted molar refractivity (Wildman–Crippen MR) is 161 cm³/mol. The van der Waals surface area contributed by atoms with Gasteiger partial charge in [-0.05, 0) is 59.5 Å². The summed E-state index contributed by atoms with van der Waals surface area (Å²) >= 11 is 0. The van der Waals surface area contributed by atoms with Crippen molar-refractivity contribution in [3.05, 3.63) is 108 Å². The second-order valence-electron chi connectivity index (χ2n) is 10.7. The van der Waals surface area contributed by atoms with Gasteiger partial charge in [0.15, 0.2) is 11.5 Å². The average Bonchev–Trinajstić information content (AvgIpc) is 3.45. The lowest BCUT2D eigenvalue weighted by Crippen LogP contribution is -2.26. The van der Waals surface area contributed by atoms with Crippen LogP contribution in [0.5, 0.6) is 0 Å².